The molecule has 0 bridgehead atoms. The molecule has 3 heterocycles. The Kier molecular flexibility index (Phi) is 4.32. The summed E-state index contributed by atoms with van der Waals surface area (Å²) in [6.07, 6.45) is 5.38. The van der Waals surface area contributed by atoms with Gasteiger partial charge in [0.05, 0.1) is 18.0 Å². The molecule has 3 aromatic rings. The van der Waals surface area contributed by atoms with E-state index in [-0.39, 0.29) is 6.10 Å². The first-order chi connectivity index (χ1) is 11.8. The molecule has 4 heteroatoms. The van der Waals surface area contributed by atoms with Gasteiger partial charge in [0, 0.05) is 31.8 Å². The van der Waals surface area contributed by atoms with Gasteiger partial charge >= 0.3 is 0 Å². The number of nitrogens with zero attached hydrogens (tertiary/aromatic N) is 2. The molecule has 2 aromatic heterocycles. The number of hydrogen-bond donors (Lipinski definition) is 1. The van der Waals surface area contributed by atoms with Crippen molar-refractivity contribution in [3.8, 4) is 0 Å². The Balaban J connectivity index is 1.39. The number of hydrogen-bond acceptors (Lipinski definition) is 3. The lowest BCUT2D eigenvalue weighted by atomic mass is 9.95. The van der Waals surface area contributed by atoms with Gasteiger partial charge < -0.3 is 14.5 Å². The molecule has 0 amide bonds. The number of fused-ring (bicyclic) bond motifs is 1. The highest BCUT2D eigenvalue weighted by Gasteiger charge is 2.29. The van der Waals surface area contributed by atoms with Crippen molar-refractivity contribution >= 4 is 5.65 Å². The van der Waals surface area contributed by atoms with Gasteiger partial charge in [-0.2, -0.15) is 0 Å². The molecule has 1 aliphatic heterocycles. The third kappa shape index (κ3) is 3.07. The highest BCUT2D eigenvalue weighted by atomic mass is 16.5. The maximum absolute atomic E-state index is 5.97. The third-order valence-electron chi connectivity index (χ3n) is 4.80. The van der Waals surface area contributed by atoms with Gasteiger partial charge in [0.25, 0.3) is 0 Å². The van der Waals surface area contributed by atoms with E-state index in [0.29, 0.717) is 5.92 Å². The van der Waals surface area contributed by atoms with Gasteiger partial charge in [0.2, 0.25) is 0 Å². The average Bonchev–Trinajstić information content (AvgIpc) is 3.23. The van der Waals surface area contributed by atoms with Crippen LogP contribution in [0.3, 0.4) is 0 Å². The lowest BCUT2D eigenvalue weighted by molar-refractivity contribution is 0.0904. The second kappa shape index (κ2) is 6.75. The molecule has 1 N–H and O–H groups in total. The standard InChI is InChI=1S/C20H23N3O/c1-15-7-9-23-18(14-22-19(23)11-15)13-21-12-17-8-10-24-20(17)16-5-3-2-4-6-16/h2-7,9,11,14,17,20-21H,8,10,12-13H2,1H3/t17-,20-/m1/s1. The van der Waals surface area contributed by atoms with E-state index in [0.717, 1.165) is 31.8 Å². The predicted octanol–water partition coefficient (Wildman–Crippen LogP) is 3.51. The monoisotopic (exact) mass is 321 g/mol. The zero-order valence-electron chi connectivity index (χ0n) is 14.0. The lowest BCUT2D eigenvalue weighted by Crippen LogP contribution is -2.25. The van der Waals surface area contributed by atoms with Gasteiger partial charge in [-0.3, -0.25) is 0 Å². The zero-order chi connectivity index (χ0) is 16.4. The molecule has 1 aromatic carbocycles. The molecular weight excluding hydrogens is 298 g/mol. The van der Waals surface area contributed by atoms with Crippen LogP contribution in [0, 0.1) is 12.8 Å². The van der Waals surface area contributed by atoms with E-state index in [1.807, 2.05) is 6.20 Å². The first-order valence-corrected chi connectivity index (χ1v) is 8.61. The summed E-state index contributed by atoms with van der Waals surface area (Å²) in [5, 5.41) is 3.60. The molecule has 4 rings (SSSR count). The second-order valence-corrected chi connectivity index (χ2v) is 6.56. The number of ether oxygens (including phenoxy) is 1. The van der Waals surface area contributed by atoms with Gasteiger partial charge in [-0.25, -0.2) is 4.98 Å². The van der Waals surface area contributed by atoms with Crippen LogP contribution in [-0.2, 0) is 11.3 Å². The Morgan fingerprint density at radius 2 is 2.12 bits per heavy atom. The highest BCUT2D eigenvalue weighted by molar-refractivity contribution is 5.42. The Hall–Kier alpha value is -2.17. The summed E-state index contributed by atoms with van der Waals surface area (Å²) in [5.74, 6) is 0.522. The van der Waals surface area contributed by atoms with E-state index in [2.05, 4.69) is 70.3 Å². The fraction of sp³-hybridized carbons (Fsp3) is 0.350. The van der Waals surface area contributed by atoms with Crippen molar-refractivity contribution in [2.45, 2.75) is 26.0 Å². The molecule has 1 saturated heterocycles. The van der Waals surface area contributed by atoms with Crippen LogP contribution in [0.1, 0.15) is 29.3 Å². The minimum atomic E-state index is 0.212. The number of nitrogens with one attached hydrogen (secondary N) is 1. The molecule has 4 nitrogen and oxygen atoms in total. The van der Waals surface area contributed by atoms with Gasteiger partial charge in [0.15, 0.2) is 0 Å². The Morgan fingerprint density at radius 3 is 3.00 bits per heavy atom. The number of rotatable bonds is 5. The minimum absolute atomic E-state index is 0.212. The molecule has 1 fully saturated rings. The summed E-state index contributed by atoms with van der Waals surface area (Å²) >= 11 is 0. The molecule has 0 saturated carbocycles. The van der Waals surface area contributed by atoms with Crippen LogP contribution in [0.4, 0.5) is 0 Å². The fourth-order valence-electron chi connectivity index (χ4n) is 3.51. The van der Waals surface area contributed by atoms with Crippen LogP contribution >= 0.6 is 0 Å². The van der Waals surface area contributed by atoms with Crippen LogP contribution in [-0.4, -0.2) is 22.5 Å². The summed E-state index contributed by atoms with van der Waals surface area (Å²) in [5.41, 5.74) is 4.73. The van der Waals surface area contributed by atoms with Crippen molar-refractivity contribution in [3.05, 3.63) is 71.7 Å². The normalized spacial score (nSPS) is 20.7. The smallest absolute Gasteiger partial charge is 0.137 e. The summed E-state index contributed by atoms with van der Waals surface area (Å²) in [4.78, 5) is 4.49. The van der Waals surface area contributed by atoms with Crippen molar-refractivity contribution in [2.75, 3.05) is 13.2 Å². The largest absolute Gasteiger partial charge is 0.373 e. The van der Waals surface area contributed by atoms with Crippen LogP contribution in [0.5, 0.6) is 0 Å². The molecule has 1 aliphatic rings. The van der Waals surface area contributed by atoms with Gasteiger partial charge in [-0.15, -0.1) is 0 Å². The van der Waals surface area contributed by atoms with E-state index in [9.17, 15) is 0 Å². The lowest BCUT2D eigenvalue weighted by Gasteiger charge is -2.19. The Morgan fingerprint density at radius 1 is 1.25 bits per heavy atom. The number of benzene rings is 1. The average molecular weight is 321 g/mol. The van der Waals surface area contributed by atoms with Gasteiger partial charge in [0.1, 0.15) is 5.65 Å². The minimum Gasteiger partial charge on any atom is -0.373 e. The molecule has 0 radical (unpaired) electrons. The molecule has 124 valence electrons. The van der Waals surface area contributed by atoms with Crippen LogP contribution < -0.4 is 5.32 Å². The Labute approximate surface area is 142 Å². The fourth-order valence-corrected chi connectivity index (χ4v) is 3.51. The first kappa shape index (κ1) is 15.4. The van der Waals surface area contributed by atoms with Gasteiger partial charge in [-0.05, 0) is 36.6 Å². The number of pyridine rings is 1. The SMILES string of the molecule is Cc1ccn2c(CNC[C@H]3CCO[C@@H]3c3ccccc3)cnc2c1. The maximum atomic E-state index is 5.97. The Bertz CT molecular complexity index is 812. The maximum Gasteiger partial charge on any atom is 0.137 e. The molecule has 2 atom stereocenters. The topological polar surface area (TPSA) is 38.6 Å². The molecular formula is C20H23N3O. The zero-order valence-corrected chi connectivity index (χ0v) is 14.0. The van der Waals surface area contributed by atoms with E-state index >= 15 is 0 Å². The van der Waals surface area contributed by atoms with Crippen LogP contribution in [0.15, 0.2) is 54.9 Å². The molecule has 0 unspecified atom stereocenters. The molecule has 0 aliphatic carbocycles. The predicted molar refractivity (Wildman–Crippen MR) is 94.9 cm³/mol. The van der Waals surface area contributed by atoms with E-state index < -0.39 is 0 Å². The third-order valence-corrected chi connectivity index (χ3v) is 4.80. The quantitative estimate of drug-likeness (QED) is 0.781. The summed E-state index contributed by atoms with van der Waals surface area (Å²) < 4.78 is 8.12. The van der Waals surface area contributed by atoms with Crippen LogP contribution in [0.25, 0.3) is 5.65 Å². The second-order valence-electron chi connectivity index (χ2n) is 6.56. The number of imidazole rings is 1. The van der Waals surface area contributed by atoms with Crippen molar-refractivity contribution in [1.29, 1.82) is 0 Å². The van der Waals surface area contributed by atoms with Crippen molar-refractivity contribution in [2.24, 2.45) is 5.92 Å². The first-order valence-electron chi connectivity index (χ1n) is 8.61. The van der Waals surface area contributed by atoms with E-state index in [4.69, 9.17) is 4.74 Å². The van der Waals surface area contributed by atoms with E-state index in [1.165, 1.54) is 16.8 Å². The van der Waals surface area contributed by atoms with Crippen LogP contribution in [0.2, 0.25) is 0 Å². The van der Waals surface area contributed by atoms with Crippen molar-refractivity contribution in [3.63, 3.8) is 0 Å². The summed E-state index contributed by atoms with van der Waals surface area (Å²) in [6, 6.07) is 14.8. The number of aryl methyl sites for hydroxylation is 1. The van der Waals surface area contributed by atoms with E-state index in [1.54, 1.807) is 0 Å². The summed E-state index contributed by atoms with van der Waals surface area (Å²) in [6.45, 7) is 4.72. The summed E-state index contributed by atoms with van der Waals surface area (Å²) in [7, 11) is 0. The van der Waals surface area contributed by atoms with Crippen molar-refractivity contribution in [1.82, 2.24) is 14.7 Å². The molecule has 0 spiro atoms. The molecule has 24 heavy (non-hydrogen) atoms. The van der Waals surface area contributed by atoms with Gasteiger partial charge in [-0.1, -0.05) is 30.3 Å². The van der Waals surface area contributed by atoms with Crippen molar-refractivity contribution < 1.29 is 4.74 Å². The number of aromatic nitrogens is 2. The highest BCUT2D eigenvalue weighted by Crippen LogP contribution is 2.33.